The van der Waals surface area contributed by atoms with Gasteiger partial charge in [0.15, 0.2) is 0 Å². The fourth-order valence-electron chi connectivity index (χ4n) is 3.41. The van der Waals surface area contributed by atoms with Crippen molar-refractivity contribution in [2.75, 3.05) is 31.1 Å². The fraction of sp³-hybridized carbons (Fsp3) is 0.409. The summed E-state index contributed by atoms with van der Waals surface area (Å²) < 4.78 is 5.87. The molecule has 1 heterocycles. The molecule has 0 unspecified atom stereocenters. The molecule has 27 heavy (non-hydrogen) atoms. The van der Waals surface area contributed by atoms with Gasteiger partial charge in [-0.25, -0.2) is 4.79 Å². The fourth-order valence-corrected chi connectivity index (χ4v) is 3.41. The highest BCUT2D eigenvalue weighted by atomic mass is 16.6. The Morgan fingerprint density at radius 1 is 1.04 bits per heavy atom. The Labute approximate surface area is 161 Å². The minimum atomic E-state index is -0.273. The van der Waals surface area contributed by atoms with Gasteiger partial charge in [-0.3, -0.25) is 4.90 Å². The molecular formula is C22H29N3O2. The van der Waals surface area contributed by atoms with Crippen LogP contribution in [0.2, 0.25) is 0 Å². The number of ether oxygens (including phenoxy) is 1. The van der Waals surface area contributed by atoms with E-state index in [1.807, 2.05) is 60.7 Å². The standard InChI is InChI=1S/C22H29N3O2/c23-14-7-15-24-16-12-21(13-17-24)27-22(26)25(20-10-5-2-6-11-20)18-19-8-3-1-4-9-19/h1-6,8-11,21H,7,12-18,23H2. The molecule has 5 nitrogen and oxygen atoms in total. The van der Waals surface area contributed by atoms with Crippen LogP contribution in [-0.4, -0.2) is 43.3 Å². The molecule has 0 aromatic heterocycles. The summed E-state index contributed by atoms with van der Waals surface area (Å²) in [5.41, 5.74) is 7.52. The summed E-state index contributed by atoms with van der Waals surface area (Å²) >= 11 is 0. The van der Waals surface area contributed by atoms with Crippen LogP contribution in [0, 0.1) is 0 Å². The van der Waals surface area contributed by atoms with Crippen molar-refractivity contribution in [2.24, 2.45) is 5.73 Å². The predicted molar refractivity (Wildman–Crippen MR) is 109 cm³/mol. The lowest BCUT2D eigenvalue weighted by molar-refractivity contribution is 0.0545. The number of rotatable bonds is 7. The van der Waals surface area contributed by atoms with Crippen LogP contribution in [0.3, 0.4) is 0 Å². The first kappa shape index (κ1) is 19.4. The van der Waals surface area contributed by atoms with Crippen molar-refractivity contribution in [2.45, 2.75) is 31.9 Å². The number of nitrogens with two attached hydrogens (primary N) is 1. The van der Waals surface area contributed by atoms with E-state index in [-0.39, 0.29) is 12.2 Å². The van der Waals surface area contributed by atoms with Gasteiger partial charge in [0.2, 0.25) is 0 Å². The lowest BCUT2D eigenvalue weighted by atomic mass is 10.1. The Balaban J connectivity index is 1.62. The molecule has 1 amide bonds. The third-order valence-electron chi connectivity index (χ3n) is 4.95. The van der Waals surface area contributed by atoms with Crippen molar-refractivity contribution in [3.05, 3.63) is 66.2 Å². The van der Waals surface area contributed by atoms with Crippen LogP contribution in [0.5, 0.6) is 0 Å². The minimum absolute atomic E-state index is 0.0198. The number of nitrogens with zero attached hydrogens (tertiary/aromatic N) is 2. The molecule has 0 aliphatic carbocycles. The number of carbonyl (C=O) groups excluding carboxylic acids is 1. The van der Waals surface area contributed by atoms with Crippen molar-refractivity contribution in [1.29, 1.82) is 0 Å². The lowest BCUT2D eigenvalue weighted by Gasteiger charge is -2.33. The minimum Gasteiger partial charge on any atom is -0.446 e. The van der Waals surface area contributed by atoms with E-state index in [0.717, 1.165) is 56.7 Å². The number of hydrogen-bond donors (Lipinski definition) is 1. The van der Waals surface area contributed by atoms with E-state index in [4.69, 9.17) is 10.5 Å². The van der Waals surface area contributed by atoms with E-state index < -0.39 is 0 Å². The molecule has 5 heteroatoms. The van der Waals surface area contributed by atoms with E-state index in [9.17, 15) is 4.79 Å². The van der Waals surface area contributed by atoms with E-state index >= 15 is 0 Å². The first-order chi connectivity index (χ1) is 13.3. The van der Waals surface area contributed by atoms with Gasteiger partial charge in [-0.15, -0.1) is 0 Å². The molecule has 0 atom stereocenters. The van der Waals surface area contributed by atoms with Crippen LogP contribution in [0.4, 0.5) is 10.5 Å². The van der Waals surface area contributed by atoms with Crippen molar-refractivity contribution in [1.82, 2.24) is 4.90 Å². The molecule has 1 fully saturated rings. The van der Waals surface area contributed by atoms with Crippen molar-refractivity contribution in [3.63, 3.8) is 0 Å². The Morgan fingerprint density at radius 3 is 2.30 bits per heavy atom. The van der Waals surface area contributed by atoms with Crippen LogP contribution >= 0.6 is 0 Å². The second-order valence-electron chi connectivity index (χ2n) is 6.97. The third kappa shape index (κ3) is 5.81. The van der Waals surface area contributed by atoms with Crippen LogP contribution in [0.1, 0.15) is 24.8 Å². The van der Waals surface area contributed by atoms with Gasteiger partial charge in [0, 0.05) is 18.8 Å². The van der Waals surface area contributed by atoms with Crippen LogP contribution in [-0.2, 0) is 11.3 Å². The lowest BCUT2D eigenvalue weighted by Crippen LogP contribution is -2.41. The first-order valence-corrected chi connectivity index (χ1v) is 9.76. The Hall–Kier alpha value is -2.37. The smallest absolute Gasteiger partial charge is 0.414 e. The number of amides is 1. The van der Waals surface area contributed by atoms with E-state index in [1.54, 1.807) is 4.90 Å². The average molecular weight is 367 g/mol. The maximum atomic E-state index is 12.9. The molecule has 144 valence electrons. The number of piperidine rings is 1. The van der Waals surface area contributed by atoms with Gasteiger partial charge in [-0.2, -0.15) is 0 Å². The summed E-state index contributed by atoms with van der Waals surface area (Å²) in [6, 6.07) is 19.7. The predicted octanol–water partition coefficient (Wildman–Crippen LogP) is 3.64. The zero-order chi connectivity index (χ0) is 18.9. The molecule has 3 rings (SSSR count). The normalized spacial score (nSPS) is 15.4. The number of hydrogen-bond acceptors (Lipinski definition) is 4. The topological polar surface area (TPSA) is 58.8 Å². The SMILES string of the molecule is NCCCN1CCC(OC(=O)N(Cc2ccccc2)c2ccccc2)CC1. The quantitative estimate of drug-likeness (QED) is 0.812. The molecule has 0 saturated carbocycles. The van der Waals surface area contributed by atoms with Gasteiger partial charge < -0.3 is 15.4 Å². The third-order valence-corrected chi connectivity index (χ3v) is 4.95. The summed E-state index contributed by atoms with van der Waals surface area (Å²) in [7, 11) is 0. The molecule has 1 saturated heterocycles. The number of anilines is 1. The number of benzene rings is 2. The first-order valence-electron chi connectivity index (χ1n) is 9.76. The molecule has 2 N–H and O–H groups in total. The Kier molecular flexibility index (Phi) is 7.25. The van der Waals surface area contributed by atoms with E-state index in [0.29, 0.717) is 6.54 Å². The van der Waals surface area contributed by atoms with Gasteiger partial charge in [-0.1, -0.05) is 48.5 Å². The number of carbonyl (C=O) groups is 1. The van der Waals surface area contributed by atoms with Crippen molar-refractivity contribution in [3.8, 4) is 0 Å². The van der Waals surface area contributed by atoms with Gasteiger partial charge in [0.1, 0.15) is 6.10 Å². The maximum Gasteiger partial charge on any atom is 0.414 e. The van der Waals surface area contributed by atoms with Crippen molar-refractivity contribution >= 4 is 11.8 Å². The molecule has 0 radical (unpaired) electrons. The van der Waals surface area contributed by atoms with Crippen LogP contribution < -0.4 is 10.6 Å². The summed E-state index contributed by atoms with van der Waals surface area (Å²) in [4.78, 5) is 17.1. The molecule has 2 aromatic rings. The molecule has 1 aliphatic heterocycles. The molecule has 0 bridgehead atoms. The van der Waals surface area contributed by atoms with E-state index in [1.165, 1.54) is 0 Å². The second-order valence-corrected chi connectivity index (χ2v) is 6.97. The zero-order valence-electron chi connectivity index (χ0n) is 15.8. The van der Waals surface area contributed by atoms with Crippen LogP contribution in [0.25, 0.3) is 0 Å². The molecule has 2 aromatic carbocycles. The summed E-state index contributed by atoms with van der Waals surface area (Å²) in [5, 5.41) is 0. The summed E-state index contributed by atoms with van der Waals surface area (Å²) in [6.07, 6.45) is 2.48. The highest BCUT2D eigenvalue weighted by Gasteiger charge is 2.25. The average Bonchev–Trinajstić information content (AvgIpc) is 2.73. The highest BCUT2D eigenvalue weighted by Crippen LogP contribution is 2.21. The largest absolute Gasteiger partial charge is 0.446 e. The molecular weight excluding hydrogens is 338 g/mol. The number of likely N-dealkylation sites (tertiary alicyclic amines) is 1. The number of para-hydroxylation sites is 1. The summed E-state index contributed by atoms with van der Waals surface area (Å²) in [5.74, 6) is 0. The van der Waals surface area contributed by atoms with Crippen LogP contribution in [0.15, 0.2) is 60.7 Å². The van der Waals surface area contributed by atoms with Gasteiger partial charge in [-0.05, 0) is 50.0 Å². The summed E-state index contributed by atoms with van der Waals surface area (Å²) in [6.45, 7) is 4.17. The monoisotopic (exact) mass is 367 g/mol. The van der Waals surface area contributed by atoms with Crippen molar-refractivity contribution < 1.29 is 9.53 Å². The van der Waals surface area contributed by atoms with Gasteiger partial charge in [0.25, 0.3) is 0 Å². The Morgan fingerprint density at radius 2 is 1.67 bits per heavy atom. The highest BCUT2D eigenvalue weighted by molar-refractivity contribution is 5.87. The molecule has 0 spiro atoms. The second kappa shape index (κ2) is 10.1. The van der Waals surface area contributed by atoms with Gasteiger partial charge in [0.05, 0.1) is 6.54 Å². The molecule has 1 aliphatic rings. The maximum absolute atomic E-state index is 12.9. The Bertz CT molecular complexity index is 685. The zero-order valence-corrected chi connectivity index (χ0v) is 15.8. The van der Waals surface area contributed by atoms with Gasteiger partial charge >= 0.3 is 6.09 Å². The van der Waals surface area contributed by atoms with E-state index in [2.05, 4.69) is 4.90 Å².